The van der Waals surface area contributed by atoms with Gasteiger partial charge in [-0.3, -0.25) is 14.6 Å². The van der Waals surface area contributed by atoms with Crippen molar-refractivity contribution in [3.8, 4) is 0 Å². The summed E-state index contributed by atoms with van der Waals surface area (Å²) >= 11 is 0. The first kappa shape index (κ1) is 12.5. The van der Waals surface area contributed by atoms with E-state index in [1.165, 1.54) is 11.9 Å². The molecule has 0 aromatic carbocycles. The van der Waals surface area contributed by atoms with Crippen LogP contribution in [0.3, 0.4) is 0 Å². The van der Waals surface area contributed by atoms with E-state index < -0.39 is 23.3 Å². The second-order valence-corrected chi connectivity index (χ2v) is 4.21. The van der Waals surface area contributed by atoms with Gasteiger partial charge in [0.1, 0.15) is 5.69 Å². The fourth-order valence-corrected chi connectivity index (χ4v) is 1.97. The van der Waals surface area contributed by atoms with Crippen LogP contribution < -0.4 is 16.6 Å². The number of aromatic amines is 2. The van der Waals surface area contributed by atoms with E-state index in [1.54, 1.807) is 0 Å². The maximum absolute atomic E-state index is 12.0. The van der Waals surface area contributed by atoms with Crippen LogP contribution >= 0.6 is 0 Å². The number of nitrogens with zero attached hydrogens (tertiary/aromatic N) is 1. The van der Waals surface area contributed by atoms with Crippen molar-refractivity contribution in [1.29, 1.82) is 0 Å². The molecule has 4 N–H and O–H groups in total. The summed E-state index contributed by atoms with van der Waals surface area (Å²) in [7, 11) is 1.52. The van der Waals surface area contributed by atoms with Crippen molar-refractivity contribution in [2.75, 3.05) is 20.1 Å². The molecule has 2 atom stereocenters. The van der Waals surface area contributed by atoms with Crippen LogP contribution in [0.4, 0.5) is 0 Å². The maximum Gasteiger partial charge on any atom is 0.326 e. The van der Waals surface area contributed by atoms with Gasteiger partial charge in [0.2, 0.25) is 0 Å². The zero-order valence-electron chi connectivity index (χ0n) is 9.77. The molecule has 8 heteroatoms. The Labute approximate surface area is 102 Å². The summed E-state index contributed by atoms with van der Waals surface area (Å²) in [5.41, 5.74) is -1.46. The van der Waals surface area contributed by atoms with Gasteiger partial charge in [-0.1, -0.05) is 0 Å². The van der Waals surface area contributed by atoms with Gasteiger partial charge in [-0.25, -0.2) is 4.79 Å². The Kier molecular flexibility index (Phi) is 3.30. The number of amides is 1. The minimum Gasteiger partial charge on any atom is -0.390 e. The molecule has 8 nitrogen and oxygen atoms in total. The zero-order valence-corrected chi connectivity index (χ0v) is 9.77. The van der Waals surface area contributed by atoms with E-state index in [4.69, 9.17) is 0 Å². The summed E-state index contributed by atoms with van der Waals surface area (Å²) in [6, 6.07) is 0.648. The fourth-order valence-electron chi connectivity index (χ4n) is 1.97. The number of hydrogen-bond acceptors (Lipinski definition) is 5. The van der Waals surface area contributed by atoms with E-state index in [9.17, 15) is 19.5 Å². The molecule has 0 spiro atoms. The lowest BCUT2D eigenvalue weighted by molar-refractivity contribution is 0.0575. The van der Waals surface area contributed by atoms with E-state index >= 15 is 0 Å². The van der Waals surface area contributed by atoms with Crippen LogP contribution in [0.15, 0.2) is 15.7 Å². The van der Waals surface area contributed by atoms with E-state index in [-0.39, 0.29) is 11.7 Å². The lowest BCUT2D eigenvalue weighted by Gasteiger charge is -2.26. The van der Waals surface area contributed by atoms with Gasteiger partial charge >= 0.3 is 5.69 Å². The standard InChI is InChI=1S/C10H14N4O4/c1-14(6-3-11-4-7(6)15)9(17)5-2-8(16)13-10(18)12-5/h2,6-7,11,15H,3-4H2,1H3,(H2,12,13,16,18)/t6-,7-/m0/s1. The Morgan fingerprint density at radius 3 is 2.67 bits per heavy atom. The Morgan fingerprint density at radius 1 is 1.39 bits per heavy atom. The van der Waals surface area contributed by atoms with Crippen LogP contribution in [0.1, 0.15) is 10.5 Å². The summed E-state index contributed by atoms with van der Waals surface area (Å²) < 4.78 is 0. The Bertz CT molecular complexity index is 535. The topological polar surface area (TPSA) is 118 Å². The predicted octanol–water partition coefficient (Wildman–Crippen LogP) is -2.53. The van der Waals surface area contributed by atoms with Gasteiger partial charge in [-0.15, -0.1) is 0 Å². The number of hydrogen-bond donors (Lipinski definition) is 4. The molecule has 0 unspecified atom stereocenters. The molecule has 1 aliphatic heterocycles. The molecular weight excluding hydrogens is 240 g/mol. The van der Waals surface area contributed by atoms with Gasteiger partial charge < -0.3 is 20.3 Å². The van der Waals surface area contributed by atoms with Crippen LogP contribution in [-0.2, 0) is 0 Å². The summed E-state index contributed by atoms with van der Waals surface area (Å²) in [6.45, 7) is 0.880. The van der Waals surface area contributed by atoms with Crippen molar-refractivity contribution >= 4 is 5.91 Å². The molecule has 1 aromatic rings. The molecule has 1 aliphatic rings. The molecular formula is C10H14N4O4. The maximum atomic E-state index is 12.0. The monoisotopic (exact) mass is 254 g/mol. The SMILES string of the molecule is CN(C(=O)c1cc(=O)[nH]c(=O)[nH]1)[C@H]1CNC[C@@H]1O. The number of likely N-dealkylation sites (N-methyl/N-ethyl adjacent to an activating group) is 1. The molecule has 2 rings (SSSR count). The smallest absolute Gasteiger partial charge is 0.326 e. The van der Waals surface area contributed by atoms with E-state index in [0.29, 0.717) is 13.1 Å². The lowest BCUT2D eigenvalue weighted by atomic mass is 10.2. The van der Waals surface area contributed by atoms with Crippen molar-refractivity contribution < 1.29 is 9.90 Å². The summed E-state index contributed by atoms with van der Waals surface area (Å²) in [6.07, 6.45) is -0.660. The molecule has 1 fully saturated rings. The predicted molar refractivity (Wildman–Crippen MR) is 62.4 cm³/mol. The molecule has 98 valence electrons. The Morgan fingerprint density at radius 2 is 2.11 bits per heavy atom. The molecule has 0 saturated carbocycles. The zero-order chi connectivity index (χ0) is 13.3. The minimum atomic E-state index is -0.732. The Balaban J connectivity index is 2.25. The molecule has 0 radical (unpaired) electrons. The minimum absolute atomic E-state index is 0.0923. The van der Waals surface area contributed by atoms with E-state index in [2.05, 4.69) is 10.3 Å². The summed E-state index contributed by atoms with van der Waals surface area (Å²) in [5.74, 6) is -0.508. The molecule has 1 saturated heterocycles. The molecule has 18 heavy (non-hydrogen) atoms. The summed E-state index contributed by atoms with van der Waals surface area (Å²) in [4.78, 5) is 39.8. The average molecular weight is 254 g/mol. The van der Waals surface area contributed by atoms with Crippen molar-refractivity contribution in [1.82, 2.24) is 20.2 Å². The van der Waals surface area contributed by atoms with E-state index in [0.717, 1.165) is 6.07 Å². The van der Waals surface area contributed by atoms with Gasteiger partial charge in [-0.05, 0) is 0 Å². The normalized spacial score (nSPS) is 23.0. The fraction of sp³-hybridized carbons (Fsp3) is 0.500. The molecule has 0 bridgehead atoms. The van der Waals surface area contributed by atoms with Crippen LogP contribution in [0.25, 0.3) is 0 Å². The molecule has 1 amide bonds. The van der Waals surface area contributed by atoms with Crippen molar-refractivity contribution in [3.63, 3.8) is 0 Å². The molecule has 1 aromatic heterocycles. The second kappa shape index (κ2) is 4.75. The lowest BCUT2D eigenvalue weighted by Crippen LogP contribution is -2.45. The number of aliphatic hydroxyl groups is 1. The number of carbonyl (C=O) groups is 1. The first-order chi connectivity index (χ1) is 8.49. The van der Waals surface area contributed by atoms with Crippen LogP contribution in [-0.4, -0.2) is 58.2 Å². The average Bonchev–Trinajstić information content (AvgIpc) is 2.72. The van der Waals surface area contributed by atoms with Crippen molar-refractivity contribution in [3.05, 3.63) is 32.6 Å². The third-order valence-electron chi connectivity index (χ3n) is 2.96. The number of nitrogens with one attached hydrogen (secondary N) is 3. The third kappa shape index (κ3) is 2.34. The highest BCUT2D eigenvalue weighted by Gasteiger charge is 2.31. The third-order valence-corrected chi connectivity index (χ3v) is 2.96. The first-order valence-electron chi connectivity index (χ1n) is 5.48. The van der Waals surface area contributed by atoms with Crippen molar-refractivity contribution in [2.45, 2.75) is 12.1 Å². The summed E-state index contributed by atoms with van der Waals surface area (Å²) in [5, 5.41) is 12.6. The van der Waals surface area contributed by atoms with Gasteiger partial charge in [0, 0.05) is 26.2 Å². The van der Waals surface area contributed by atoms with Crippen molar-refractivity contribution in [2.24, 2.45) is 0 Å². The Hall–Kier alpha value is -1.93. The van der Waals surface area contributed by atoms with Gasteiger partial charge in [0.25, 0.3) is 11.5 Å². The highest BCUT2D eigenvalue weighted by molar-refractivity contribution is 5.92. The number of carbonyl (C=O) groups excluding carboxylic acids is 1. The van der Waals surface area contributed by atoms with Crippen LogP contribution in [0.2, 0.25) is 0 Å². The number of H-pyrrole nitrogens is 2. The largest absolute Gasteiger partial charge is 0.390 e. The van der Waals surface area contributed by atoms with Crippen LogP contribution in [0.5, 0.6) is 0 Å². The number of rotatable bonds is 2. The van der Waals surface area contributed by atoms with E-state index in [1.807, 2.05) is 4.98 Å². The first-order valence-corrected chi connectivity index (χ1v) is 5.48. The quantitative estimate of drug-likeness (QED) is 0.464. The number of aliphatic hydroxyl groups excluding tert-OH is 1. The van der Waals surface area contributed by atoms with Crippen LogP contribution in [0, 0.1) is 0 Å². The van der Waals surface area contributed by atoms with Gasteiger partial charge in [0.05, 0.1) is 12.1 Å². The number of aromatic nitrogens is 2. The second-order valence-electron chi connectivity index (χ2n) is 4.21. The molecule has 0 aliphatic carbocycles. The van der Waals surface area contributed by atoms with Gasteiger partial charge in [0.15, 0.2) is 0 Å². The van der Waals surface area contributed by atoms with Gasteiger partial charge in [-0.2, -0.15) is 0 Å². The highest BCUT2D eigenvalue weighted by atomic mass is 16.3. The number of β-amino-alcohol motifs (C(OH)–C–C–N with tert-alkyl or cyclic N) is 1. The molecule has 2 heterocycles. The highest BCUT2D eigenvalue weighted by Crippen LogP contribution is 2.09.